The first-order valence-electron chi connectivity index (χ1n) is 4.08. The van der Waals surface area contributed by atoms with E-state index in [1.807, 2.05) is 0 Å². The monoisotopic (exact) mass is 294 g/mol. The van der Waals surface area contributed by atoms with Crippen molar-refractivity contribution < 1.29 is 23.1 Å². The number of hydrogen-bond donors (Lipinski definition) is 1. The summed E-state index contributed by atoms with van der Waals surface area (Å²) < 4.78 is 38.1. The zero-order valence-corrected chi connectivity index (χ0v) is 9.34. The minimum Gasteiger partial charge on any atom is -0.478 e. The quantitative estimate of drug-likeness (QED) is 0.848. The van der Waals surface area contributed by atoms with Crippen LogP contribution in [0.1, 0.15) is 5.56 Å². The number of rotatable bonds is 2. The minimum absolute atomic E-state index is 0.155. The molecule has 0 fully saturated rings. The Labute approximate surface area is 97.5 Å². The summed E-state index contributed by atoms with van der Waals surface area (Å²) in [6, 6.07) is 5.37. The van der Waals surface area contributed by atoms with Crippen molar-refractivity contribution in [3.8, 4) is 0 Å². The van der Waals surface area contributed by atoms with Gasteiger partial charge in [-0.1, -0.05) is 28.1 Å². The first kappa shape index (κ1) is 12.8. The van der Waals surface area contributed by atoms with Gasteiger partial charge in [-0.3, -0.25) is 0 Å². The van der Waals surface area contributed by atoms with E-state index in [4.69, 9.17) is 5.11 Å². The van der Waals surface area contributed by atoms with Gasteiger partial charge in [0.15, 0.2) is 0 Å². The summed E-state index contributed by atoms with van der Waals surface area (Å²) in [6.07, 6.45) is -4.54. The number of carbonyl (C=O) groups is 1. The van der Waals surface area contributed by atoms with Gasteiger partial charge in [0.25, 0.3) is 0 Å². The Kier molecular flexibility index (Phi) is 3.74. The van der Waals surface area contributed by atoms with Crippen molar-refractivity contribution in [1.29, 1.82) is 0 Å². The predicted octanol–water partition coefficient (Wildman–Crippen LogP) is 3.48. The number of benzene rings is 1. The third-order valence-electron chi connectivity index (χ3n) is 1.71. The van der Waals surface area contributed by atoms with E-state index in [1.165, 1.54) is 18.2 Å². The van der Waals surface area contributed by atoms with Crippen molar-refractivity contribution in [2.75, 3.05) is 0 Å². The second-order valence-electron chi connectivity index (χ2n) is 2.90. The van der Waals surface area contributed by atoms with E-state index in [9.17, 15) is 18.0 Å². The van der Waals surface area contributed by atoms with E-state index in [1.54, 1.807) is 6.07 Å². The van der Waals surface area contributed by atoms with Crippen molar-refractivity contribution in [3.63, 3.8) is 0 Å². The van der Waals surface area contributed by atoms with E-state index in [0.717, 1.165) is 0 Å². The van der Waals surface area contributed by atoms with Crippen LogP contribution in [0.2, 0.25) is 0 Å². The molecule has 0 spiro atoms. The summed E-state index contributed by atoms with van der Waals surface area (Å²) in [4.78, 5) is 10.3. The average molecular weight is 295 g/mol. The Morgan fingerprint density at radius 3 is 2.44 bits per heavy atom. The molecular weight excluding hydrogens is 289 g/mol. The highest BCUT2D eigenvalue weighted by Gasteiger charge is 2.35. The molecule has 1 aromatic carbocycles. The number of carboxylic acid groups (broad SMARTS) is 1. The van der Waals surface area contributed by atoms with Crippen molar-refractivity contribution in [3.05, 3.63) is 40.4 Å². The smallest absolute Gasteiger partial charge is 0.417 e. The Bertz CT molecular complexity index is 438. The average Bonchev–Trinajstić information content (AvgIpc) is 2.12. The third-order valence-corrected chi connectivity index (χ3v) is 2.20. The van der Waals surface area contributed by atoms with Gasteiger partial charge in [-0.25, -0.2) is 4.79 Å². The maximum absolute atomic E-state index is 12.6. The van der Waals surface area contributed by atoms with Crippen LogP contribution in [-0.4, -0.2) is 17.3 Å². The minimum atomic E-state index is -4.70. The second kappa shape index (κ2) is 4.69. The van der Waals surface area contributed by atoms with Crippen LogP contribution in [0.4, 0.5) is 13.2 Å². The highest BCUT2D eigenvalue weighted by Crippen LogP contribution is 2.34. The Morgan fingerprint density at radius 1 is 1.38 bits per heavy atom. The molecule has 16 heavy (non-hydrogen) atoms. The van der Waals surface area contributed by atoms with Gasteiger partial charge in [0.1, 0.15) is 0 Å². The Morgan fingerprint density at radius 2 is 2.00 bits per heavy atom. The van der Waals surface area contributed by atoms with E-state index in [2.05, 4.69) is 15.9 Å². The zero-order chi connectivity index (χ0) is 12.3. The van der Waals surface area contributed by atoms with Gasteiger partial charge in [0.2, 0.25) is 0 Å². The maximum Gasteiger partial charge on any atom is 0.417 e. The molecule has 0 radical (unpaired) electrons. The molecule has 0 atom stereocenters. The van der Waals surface area contributed by atoms with Crippen molar-refractivity contribution in [1.82, 2.24) is 0 Å². The molecule has 0 aliphatic rings. The molecule has 0 aliphatic heterocycles. The van der Waals surface area contributed by atoms with Crippen molar-refractivity contribution >= 4 is 27.5 Å². The molecule has 0 heterocycles. The highest BCUT2D eigenvalue weighted by molar-refractivity contribution is 9.10. The Balaban J connectivity index is 3.28. The fourth-order valence-electron chi connectivity index (χ4n) is 1.11. The molecule has 0 saturated carbocycles. The molecule has 0 saturated heterocycles. The molecule has 1 rings (SSSR count). The van der Waals surface area contributed by atoms with E-state index >= 15 is 0 Å². The topological polar surface area (TPSA) is 37.3 Å². The van der Waals surface area contributed by atoms with Gasteiger partial charge in [-0.05, 0) is 17.7 Å². The number of halogens is 4. The first-order chi connectivity index (χ1) is 7.30. The fourth-order valence-corrected chi connectivity index (χ4v) is 1.51. The third kappa shape index (κ3) is 3.37. The summed E-state index contributed by atoms with van der Waals surface area (Å²) in [5.74, 6) is -1.63. The fraction of sp³-hybridized carbons (Fsp3) is 0.100. The molecule has 0 bridgehead atoms. The molecule has 6 heteroatoms. The van der Waals surface area contributed by atoms with Crippen LogP contribution >= 0.6 is 15.9 Å². The summed E-state index contributed by atoms with van der Waals surface area (Å²) >= 11 is 3.02. The van der Waals surface area contributed by atoms with Crippen LogP contribution in [0, 0.1) is 0 Å². The molecule has 2 nitrogen and oxygen atoms in total. The van der Waals surface area contributed by atoms with Gasteiger partial charge < -0.3 is 5.11 Å². The first-order valence-corrected chi connectivity index (χ1v) is 4.88. The Hall–Kier alpha value is -1.30. The van der Waals surface area contributed by atoms with E-state index in [0.29, 0.717) is 4.47 Å². The van der Waals surface area contributed by atoms with Crippen LogP contribution in [0.25, 0.3) is 5.57 Å². The second-order valence-corrected chi connectivity index (χ2v) is 3.82. The van der Waals surface area contributed by atoms with Gasteiger partial charge in [0, 0.05) is 10.5 Å². The van der Waals surface area contributed by atoms with Crippen LogP contribution in [-0.2, 0) is 4.79 Å². The summed E-state index contributed by atoms with van der Waals surface area (Å²) in [7, 11) is 0. The maximum atomic E-state index is 12.6. The van der Waals surface area contributed by atoms with Crippen LogP contribution in [0.15, 0.2) is 34.8 Å². The van der Waals surface area contributed by atoms with Crippen LogP contribution in [0.3, 0.4) is 0 Å². The van der Waals surface area contributed by atoms with Gasteiger partial charge >= 0.3 is 12.1 Å². The van der Waals surface area contributed by atoms with Crippen molar-refractivity contribution in [2.45, 2.75) is 6.18 Å². The lowest BCUT2D eigenvalue weighted by atomic mass is 10.1. The largest absolute Gasteiger partial charge is 0.478 e. The molecule has 1 aromatic rings. The number of carboxylic acids is 1. The lowest BCUT2D eigenvalue weighted by molar-refractivity contribution is -0.131. The number of aliphatic carboxylic acids is 1. The van der Waals surface area contributed by atoms with Crippen molar-refractivity contribution in [2.24, 2.45) is 0 Å². The van der Waals surface area contributed by atoms with Crippen LogP contribution in [0.5, 0.6) is 0 Å². The molecule has 1 N–H and O–H groups in total. The SMILES string of the molecule is O=C(O)C=C(c1cccc(Br)c1)C(F)(F)F. The normalized spacial score (nSPS) is 12.6. The van der Waals surface area contributed by atoms with Gasteiger partial charge in [-0.15, -0.1) is 0 Å². The molecular formula is C10H6BrF3O2. The van der Waals surface area contributed by atoms with Gasteiger partial charge in [-0.2, -0.15) is 13.2 Å². The number of alkyl halides is 3. The standard InChI is InChI=1S/C10H6BrF3O2/c11-7-3-1-2-6(4-7)8(5-9(15)16)10(12,13)14/h1-5H,(H,15,16). The molecule has 0 aliphatic carbocycles. The summed E-state index contributed by atoms with van der Waals surface area (Å²) in [6.45, 7) is 0. The number of hydrogen-bond acceptors (Lipinski definition) is 1. The van der Waals surface area contributed by atoms with Gasteiger partial charge in [0.05, 0.1) is 5.57 Å². The molecule has 0 aromatic heterocycles. The van der Waals surface area contributed by atoms with E-state index in [-0.39, 0.29) is 11.6 Å². The lowest BCUT2D eigenvalue weighted by Crippen LogP contribution is -2.12. The molecule has 0 unspecified atom stereocenters. The summed E-state index contributed by atoms with van der Waals surface area (Å²) in [5.41, 5.74) is -1.37. The molecule has 0 amide bonds. The summed E-state index contributed by atoms with van der Waals surface area (Å²) in [5, 5.41) is 8.39. The number of allylic oxidation sites excluding steroid dienone is 1. The van der Waals surface area contributed by atoms with Crippen LogP contribution < -0.4 is 0 Å². The predicted molar refractivity (Wildman–Crippen MR) is 55.8 cm³/mol. The molecule has 86 valence electrons. The highest BCUT2D eigenvalue weighted by atomic mass is 79.9. The lowest BCUT2D eigenvalue weighted by Gasteiger charge is -2.11. The zero-order valence-electron chi connectivity index (χ0n) is 7.75. The van der Waals surface area contributed by atoms with E-state index < -0.39 is 17.7 Å².